The number of benzene rings is 3. The normalized spacial score (nSPS) is 13.1. The van der Waals surface area contributed by atoms with Crippen LogP contribution in [0.1, 0.15) is 186 Å². The molecular weight excluding hydrogens is 935 g/mol. The Kier molecular flexibility index (Phi) is 14.4. The van der Waals surface area contributed by atoms with Crippen molar-refractivity contribution in [2.24, 2.45) is 0 Å². The van der Waals surface area contributed by atoms with Gasteiger partial charge in [0.05, 0.1) is 49.9 Å². The van der Waals surface area contributed by atoms with E-state index in [9.17, 15) is 10.1 Å². The van der Waals surface area contributed by atoms with Gasteiger partial charge < -0.3 is 9.97 Å². The highest BCUT2D eigenvalue weighted by Gasteiger charge is 2.42. The molecule has 8 rings (SSSR count). The Morgan fingerprint density at radius 1 is 0.467 bits per heavy atom. The lowest BCUT2D eigenvalue weighted by molar-refractivity contribution is -0.384. The molecule has 0 atom stereocenters. The van der Waals surface area contributed by atoms with Crippen LogP contribution >= 0.6 is 0 Å². The lowest BCUT2D eigenvalue weighted by Gasteiger charge is -2.38. The number of aromatic nitrogens is 4. The first-order valence-electron chi connectivity index (χ1n) is 26.7. The second-order valence-electron chi connectivity index (χ2n) is 25.8. The Bertz CT molecular complexity index is 3340. The van der Waals surface area contributed by atoms with Gasteiger partial charge in [-0.25, -0.2) is 9.97 Å². The number of aromatic amines is 2. The number of fused-ring (bicyclic) bond motifs is 8. The monoisotopic (exact) mass is 1010 g/mol. The number of nitro benzene ring substituents is 1. The van der Waals surface area contributed by atoms with Crippen molar-refractivity contribution < 1.29 is 4.92 Å². The quantitative estimate of drug-likeness (QED) is 0.0750. The zero-order valence-corrected chi connectivity index (χ0v) is 48.8. The summed E-state index contributed by atoms with van der Waals surface area (Å²) in [6.07, 6.45) is 8.56. The van der Waals surface area contributed by atoms with Crippen molar-refractivity contribution in [3.05, 3.63) is 157 Å². The molecule has 2 N–H and O–H groups in total. The maximum atomic E-state index is 11.6. The molecule has 0 fully saturated rings. The van der Waals surface area contributed by atoms with E-state index in [-0.39, 0.29) is 32.3 Å². The standard InChI is InChI=1S/C67H77N5O2Si/c1-41(2)75(42(3)4,43(5)6)34-33-53-56-27-31-60(70-56)62(45-35-47(64(7,8)9)39-48(36-45)65(10,11)12)58-29-25-54(68-58)52(24-21-44-19-22-51(23-20-44)72(73)74)55-26-30-59(69-55)63(61-32-28-57(53)71-61)46-37-49(66(13,14)15)40-50(38-46)67(16,17)18/h19-20,22-23,25-32,35-43,68-69H,1-18H3. The van der Waals surface area contributed by atoms with Gasteiger partial charge in [0.15, 0.2) is 0 Å². The lowest BCUT2D eigenvalue weighted by atomic mass is 9.78. The molecule has 7 nitrogen and oxygen atoms in total. The number of hydrogen-bond acceptors (Lipinski definition) is 4. The van der Waals surface area contributed by atoms with Crippen LogP contribution in [0.5, 0.6) is 0 Å². The Hall–Kier alpha value is -7.00. The highest BCUT2D eigenvalue weighted by atomic mass is 28.3. The summed E-state index contributed by atoms with van der Waals surface area (Å²) in [6.45, 7) is 41.4. The van der Waals surface area contributed by atoms with Crippen LogP contribution in [0.2, 0.25) is 16.6 Å². The smallest absolute Gasteiger partial charge is 0.269 e. The van der Waals surface area contributed by atoms with Gasteiger partial charge in [-0.2, -0.15) is 0 Å². The summed E-state index contributed by atoms with van der Waals surface area (Å²) >= 11 is 0. The zero-order chi connectivity index (χ0) is 54.7. The molecule has 0 saturated carbocycles. The molecule has 3 aromatic heterocycles. The van der Waals surface area contributed by atoms with Gasteiger partial charge in [0, 0.05) is 39.9 Å². The highest BCUT2D eigenvalue weighted by molar-refractivity contribution is 6.90. The predicted octanol–water partition coefficient (Wildman–Crippen LogP) is 18.1. The summed E-state index contributed by atoms with van der Waals surface area (Å²) < 4.78 is 0. The van der Waals surface area contributed by atoms with Crippen LogP contribution in [0.3, 0.4) is 0 Å². The Morgan fingerprint density at radius 2 is 0.827 bits per heavy atom. The molecule has 3 aromatic carbocycles. The van der Waals surface area contributed by atoms with Gasteiger partial charge in [-0.3, -0.25) is 10.1 Å². The molecule has 8 heteroatoms. The number of hydrogen-bond donors (Lipinski definition) is 2. The molecule has 5 heterocycles. The van der Waals surface area contributed by atoms with E-state index in [2.05, 4.69) is 243 Å². The topological polar surface area (TPSA) is 100 Å². The van der Waals surface area contributed by atoms with Gasteiger partial charge in [-0.15, -0.1) is 5.54 Å². The summed E-state index contributed by atoms with van der Waals surface area (Å²) in [6, 6.07) is 28.9. The van der Waals surface area contributed by atoms with E-state index >= 15 is 0 Å². The fourth-order valence-corrected chi connectivity index (χ4v) is 16.0. The maximum absolute atomic E-state index is 11.6. The van der Waals surface area contributed by atoms with Gasteiger partial charge in [-0.1, -0.05) is 179 Å². The maximum Gasteiger partial charge on any atom is 0.269 e. The van der Waals surface area contributed by atoms with Crippen LogP contribution < -0.4 is 0 Å². The average Bonchev–Trinajstić information content (AvgIpc) is 4.17. The molecular formula is C67H77N5O2Si. The molecule has 2 aliphatic rings. The number of nitrogens with zero attached hydrogens (tertiary/aromatic N) is 3. The summed E-state index contributed by atoms with van der Waals surface area (Å²) in [5, 5.41) is 11.6. The summed E-state index contributed by atoms with van der Waals surface area (Å²) in [7, 11) is -2.22. The van der Waals surface area contributed by atoms with Gasteiger partial charge in [-0.05, 0) is 132 Å². The van der Waals surface area contributed by atoms with E-state index in [0.29, 0.717) is 22.2 Å². The molecule has 0 saturated heterocycles. The van der Waals surface area contributed by atoms with Crippen LogP contribution in [0, 0.1) is 33.4 Å². The number of nitro groups is 1. The molecule has 0 amide bonds. The minimum Gasteiger partial charge on any atom is -0.354 e. The number of rotatable bonds is 6. The van der Waals surface area contributed by atoms with Crippen molar-refractivity contribution >= 4 is 60.1 Å². The molecule has 386 valence electrons. The van der Waals surface area contributed by atoms with Gasteiger partial charge in [0.1, 0.15) is 8.07 Å². The van der Waals surface area contributed by atoms with E-state index in [0.717, 1.165) is 78.2 Å². The third-order valence-electron chi connectivity index (χ3n) is 15.3. The number of nitrogens with one attached hydrogen (secondary N) is 2. The van der Waals surface area contributed by atoms with Crippen molar-refractivity contribution in [1.29, 1.82) is 0 Å². The van der Waals surface area contributed by atoms with Crippen molar-refractivity contribution in [3.8, 4) is 45.6 Å². The summed E-state index contributed by atoms with van der Waals surface area (Å²) in [4.78, 5) is 30.2. The van der Waals surface area contributed by atoms with E-state index in [4.69, 9.17) is 9.97 Å². The molecule has 0 unspecified atom stereocenters. The van der Waals surface area contributed by atoms with Crippen molar-refractivity contribution in [1.82, 2.24) is 19.9 Å². The lowest BCUT2D eigenvalue weighted by Crippen LogP contribution is -2.43. The van der Waals surface area contributed by atoms with Crippen LogP contribution in [-0.2, 0) is 21.7 Å². The predicted molar refractivity (Wildman–Crippen MR) is 322 cm³/mol. The first-order chi connectivity index (χ1) is 34.9. The molecule has 0 radical (unpaired) electrons. The van der Waals surface area contributed by atoms with Crippen LogP contribution in [0.15, 0.2) is 84.9 Å². The van der Waals surface area contributed by atoms with E-state index in [1.54, 1.807) is 12.1 Å². The third kappa shape index (κ3) is 11.1. The molecule has 0 spiro atoms. The van der Waals surface area contributed by atoms with Gasteiger partial charge in [0.2, 0.25) is 0 Å². The Balaban J connectivity index is 1.60. The fraction of sp³-hybridized carbons (Fsp3) is 0.373. The minimum absolute atomic E-state index is 0.0179. The van der Waals surface area contributed by atoms with Gasteiger partial charge in [0.25, 0.3) is 5.69 Å². The van der Waals surface area contributed by atoms with Crippen LogP contribution in [0.25, 0.3) is 68.6 Å². The molecule has 2 aliphatic heterocycles. The second kappa shape index (κ2) is 19.9. The zero-order valence-electron chi connectivity index (χ0n) is 47.8. The fourth-order valence-electron chi connectivity index (χ4n) is 10.8. The van der Waals surface area contributed by atoms with Gasteiger partial charge >= 0.3 is 0 Å². The SMILES string of the molecule is CC(C)[Si](C#Cc1c2nc(c(-c3cc(C(C)(C)C)cc(C(C)(C)C)c3)c3ccc([nH]3)c(C#Cc3ccc([N+](=O)[O-])cc3)c3ccc([nH]3)c(-c3cc(C(C)(C)C)cc(C(C)(C)C)c3)c3nc1C=C3)C=C2)(C(C)C)C(C)C. The van der Waals surface area contributed by atoms with Crippen molar-refractivity contribution in [2.45, 2.75) is 163 Å². The van der Waals surface area contributed by atoms with Crippen LogP contribution in [0.4, 0.5) is 5.69 Å². The third-order valence-corrected chi connectivity index (χ3v) is 21.6. The number of H-pyrrole nitrogens is 2. The largest absolute Gasteiger partial charge is 0.354 e. The Labute approximate surface area is 448 Å². The van der Waals surface area contributed by atoms with Crippen LogP contribution in [-0.4, -0.2) is 32.9 Å². The van der Waals surface area contributed by atoms with Crippen molar-refractivity contribution in [3.63, 3.8) is 0 Å². The first-order valence-corrected chi connectivity index (χ1v) is 29.0. The van der Waals surface area contributed by atoms with E-state index < -0.39 is 8.07 Å². The number of non-ortho nitro benzene ring substituents is 1. The first kappa shape index (κ1) is 54.3. The Morgan fingerprint density at radius 3 is 1.17 bits per heavy atom. The molecule has 0 aliphatic carbocycles. The molecule has 75 heavy (non-hydrogen) atoms. The average molecular weight is 1010 g/mol. The highest BCUT2D eigenvalue weighted by Crippen LogP contribution is 2.43. The molecule has 6 aromatic rings. The summed E-state index contributed by atoms with van der Waals surface area (Å²) in [5.74, 6) is 10.8. The second-order valence-corrected chi connectivity index (χ2v) is 31.4. The van der Waals surface area contributed by atoms with Crippen molar-refractivity contribution in [2.75, 3.05) is 0 Å². The van der Waals surface area contributed by atoms with E-state index in [1.807, 2.05) is 0 Å². The summed E-state index contributed by atoms with van der Waals surface area (Å²) in [5.41, 5.74) is 22.7. The molecule has 8 bridgehead atoms. The van der Waals surface area contributed by atoms with E-state index in [1.165, 1.54) is 34.4 Å². The minimum atomic E-state index is -2.22.